The molecular formula is C20H22O3. The third-order valence-corrected chi connectivity index (χ3v) is 4.21. The van der Waals surface area contributed by atoms with E-state index in [2.05, 4.69) is 36.4 Å². The minimum atomic E-state index is -0.654. The Hall–Kier alpha value is -1.94. The van der Waals surface area contributed by atoms with Crippen LogP contribution in [0.5, 0.6) is 0 Å². The maximum absolute atomic E-state index is 10.4. The van der Waals surface area contributed by atoms with Crippen molar-refractivity contribution in [1.82, 2.24) is 0 Å². The fourth-order valence-corrected chi connectivity index (χ4v) is 3.07. The minimum Gasteiger partial charge on any atom is -0.388 e. The van der Waals surface area contributed by atoms with Gasteiger partial charge in [0.25, 0.3) is 0 Å². The molecule has 1 aliphatic heterocycles. The van der Waals surface area contributed by atoms with Crippen LogP contribution in [0.4, 0.5) is 0 Å². The third-order valence-electron chi connectivity index (χ3n) is 4.21. The first kappa shape index (κ1) is 15.9. The van der Waals surface area contributed by atoms with Gasteiger partial charge in [-0.2, -0.15) is 0 Å². The molecule has 0 unspecified atom stereocenters. The third kappa shape index (κ3) is 3.70. The van der Waals surface area contributed by atoms with E-state index in [1.54, 1.807) is 7.11 Å². The van der Waals surface area contributed by atoms with Crippen molar-refractivity contribution >= 4 is 6.08 Å². The molecule has 0 fully saturated rings. The predicted octanol–water partition coefficient (Wildman–Crippen LogP) is 3.39. The van der Waals surface area contributed by atoms with Crippen molar-refractivity contribution in [3.63, 3.8) is 0 Å². The van der Waals surface area contributed by atoms with Crippen LogP contribution in [0.1, 0.15) is 22.6 Å². The summed E-state index contributed by atoms with van der Waals surface area (Å²) in [5, 5.41) is 10.4. The lowest BCUT2D eigenvalue weighted by Crippen LogP contribution is -2.39. The van der Waals surface area contributed by atoms with Crippen LogP contribution in [-0.4, -0.2) is 31.0 Å². The fraction of sp³-hybridized carbons (Fsp3) is 0.300. The molecule has 3 nitrogen and oxygen atoms in total. The number of benzene rings is 2. The number of hydrogen-bond donors (Lipinski definition) is 1. The summed E-state index contributed by atoms with van der Waals surface area (Å²) in [6.45, 7) is 0.791. The quantitative estimate of drug-likeness (QED) is 0.920. The Balaban J connectivity index is 1.91. The van der Waals surface area contributed by atoms with Gasteiger partial charge in [-0.25, -0.2) is 0 Å². The van der Waals surface area contributed by atoms with Crippen LogP contribution >= 0.6 is 0 Å². The van der Waals surface area contributed by atoms with Gasteiger partial charge in [0, 0.05) is 13.0 Å². The first-order chi connectivity index (χ1) is 11.3. The van der Waals surface area contributed by atoms with Gasteiger partial charge in [0.05, 0.1) is 19.3 Å². The summed E-state index contributed by atoms with van der Waals surface area (Å²) in [5.41, 5.74) is 3.53. The van der Waals surface area contributed by atoms with E-state index in [9.17, 15) is 5.11 Å². The van der Waals surface area contributed by atoms with Crippen molar-refractivity contribution < 1.29 is 14.6 Å². The second kappa shape index (κ2) is 7.55. The average molecular weight is 310 g/mol. The van der Waals surface area contributed by atoms with E-state index in [-0.39, 0.29) is 18.6 Å². The van der Waals surface area contributed by atoms with Gasteiger partial charge in [0.15, 0.2) is 0 Å². The van der Waals surface area contributed by atoms with E-state index in [0.717, 1.165) is 5.56 Å². The maximum Gasteiger partial charge on any atom is 0.104 e. The molecule has 1 aliphatic rings. The largest absolute Gasteiger partial charge is 0.388 e. The average Bonchev–Trinajstić information content (AvgIpc) is 2.60. The van der Waals surface area contributed by atoms with Gasteiger partial charge in [-0.1, -0.05) is 66.7 Å². The number of aliphatic hydroxyl groups is 1. The number of aliphatic hydroxyl groups excluding tert-OH is 1. The van der Waals surface area contributed by atoms with Gasteiger partial charge in [-0.3, -0.25) is 0 Å². The zero-order valence-corrected chi connectivity index (χ0v) is 13.3. The molecular weight excluding hydrogens is 288 g/mol. The fourth-order valence-electron chi connectivity index (χ4n) is 3.07. The normalized spacial score (nSPS) is 22.0. The monoisotopic (exact) mass is 310 g/mol. The Kier molecular flexibility index (Phi) is 5.23. The zero-order valence-electron chi connectivity index (χ0n) is 13.3. The van der Waals surface area contributed by atoms with Crippen LogP contribution < -0.4 is 0 Å². The van der Waals surface area contributed by atoms with Crippen LogP contribution in [0, 0.1) is 0 Å². The zero-order chi connectivity index (χ0) is 16.1. The molecule has 0 bridgehead atoms. The van der Waals surface area contributed by atoms with Crippen LogP contribution in [0.2, 0.25) is 0 Å². The van der Waals surface area contributed by atoms with E-state index >= 15 is 0 Å². The van der Waals surface area contributed by atoms with Crippen molar-refractivity contribution in [2.24, 2.45) is 0 Å². The molecule has 0 saturated heterocycles. The highest BCUT2D eigenvalue weighted by Gasteiger charge is 2.33. The van der Waals surface area contributed by atoms with Crippen molar-refractivity contribution in [2.45, 2.75) is 24.7 Å². The Morgan fingerprint density at radius 2 is 1.91 bits per heavy atom. The summed E-state index contributed by atoms with van der Waals surface area (Å²) in [7, 11) is 1.59. The SMILES string of the molecule is COC[C@@H](O)[C@H]1OCc2ccccc2[C@@H]1C=Cc1ccccc1. The highest BCUT2D eigenvalue weighted by Crippen LogP contribution is 2.34. The smallest absolute Gasteiger partial charge is 0.104 e. The van der Waals surface area contributed by atoms with Crippen molar-refractivity contribution in [3.05, 3.63) is 77.4 Å². The summed E-state index contributed by atoms with van der Waals surface area (Å²) in [6.07, 6.45) is 3.25. The predicted molar refractivity (Wildman–Crippen MR) is 91.1 cm³/mol. The maximum atomic E-state index is 10.4. The van der Waals surface area contributed by atoms with E-state index in [1.807, 2.05) is 30.3 Å². The molecule has 3 rings (SSSR count). The Morgan fingerprint density at radius 3 is 2.70 bits per heavy atom. The molecule has 23 heavy (non-hydrogen) atoms. The molecule has 3 heteroatoms. The summed E-state index contributed by atoms with van der Waals surface area (Å²) in [4.78, 5) is 0. The van der Waals surface area contributed by atoms with Gasteiger partial charge in [0.2, 0.25) is 0 Å². The van der Waals surface area contributed by atoms with E-state index in [1.165, 1.54) is 11.1 Å². The highest BCUT2D eigenvalue weighted by molar-refractivity contribution is 5.52. The van der Waals surface area contributed by atoms with Crippen molar-refractivity contribution in [1.29, 1.82) is 0 Å². The van der Waals surface area contributed by atoms with Crippen molar-refractivity contribution in [3.8, 4) is 0 Å². The van der Waals surface area contributed by atoms with Gasteiger partial charge >= 0.3 is 0 Å². The molecule has 0 saturated carbocycles. The second-order valence-electron chi connectivity index (χ2n) is 5.79. The Bertz CT molecular complexity index is 651. The molecule has 3 atom stereocenters. The molecule has 120 valence electrons. The molecule has 1 N–H and O–H groups in total. The van der Waals surface area contributed by atoms with Crippen LogP contribution in [-0.2, 0) is 16.1 Å². The van der Waals surface area contributed by atoms with Crippen LogP contribution in [0.25, 0.3) is 6.08 Å². The summed E-state index contributed by atoms with van der Waals surface area (Å²) >= 11 is 0. The Labute approximate surface area is 137 Å². The van der Waals surface area contributed by atoms with E-state index in [4.69, 9.17) is 9.47 Å². The molecule has 1 heterocycles. The first-order valence-electron chi connectivity index (χ1n) is 7.89. The molecule has 0 radical (unpaired) electrons. The second-order valence-corrected chi connectivity index (χ2v) is 5.79. The number of fused-ring (bicyclic) bond motifs is 1. The van der Waals surface area contributed by atoms with Crippen molar-refractivity contribution in [2.75, 3.05) is 13.7 Å². The number of rotatable bonds is 5. The van der Waals surface area contributed by atoms with Gasteiger partial charge < -0.3 is 14.6 Å². The van der Waals surface area contributed by atoms with Gasteiger partial charge in [-0.05, 0) is 16.7 Å². The summed E-state index contributed by atoms with van der Waals surface area (Å²) < 4.78 is 11.0. The lowest BCUT2D eigenvalue weighted by atomic mass is 9.84. The summed E-state index contributed by atoms with van der Waals surface area (Å²) in [6, 6.07) is 18.4. The number of methoxy groups -OCH3 is 1. The molecule has 0 aliphatic carbocycles. The van der Waals surface area contributed by atoms with E-state index in [0.29, 0.717) is 6.61 Å². The molecule has 0 aromatic heterocycles. The topological polar surface area (TPSA) is 38.7 Å². The highest BCUT2D eigenvalue weighted by atomic mass is 16.5. The molecule has 2 aromatic carbocycles. The van der Waals surface area contributed by atoms with Gasteiger partial charge in [-0.15, -0.1) is 0 Å². The van der Waals surface area contributed by atoms with Crippen LogP contribution in [0.15, 0.2) is 60.7 Å². The molecule has 0 spiro atoms. The lowest BCUT2D eigenvalue weighted by molar-refractivity contribution is -0.0844. The number of ether oxygens (including phenoxy) is 2. The van der Waals surface area contributed by atoms with Gasteiger partial charge in [0.1, 0.15) is 6.10 Å². The van der Waals surface area contributed by atoms with E-state index < -0.39 is 6.10 Å². The molecule has 0 amide bonds. The standard InChI is InChI=1S/C20H22O3/c1-22-14-19(21)20-18(12-11-15-7-3-2-4-8-15)17-10-6-5-9-16(17)13-23-20/h2-12,18-21H,13-14H2,1H3/t18-,19+,20-/m0/s1. The first-order valence-corrected chi connectivity index (χ1v) is 7.89. The minimum absolute atomic E-state index is 0.00491. The Morgan fingerprint density at radius 1 is 1.17 bits per heavy atom. The lowest BCUT2D eigenvalue weighted by Gasteiger charge is -2.34. The number of hydrogen-bond acceptors (Lipinski definition) is 3. The van der Waals surface area contributed by atoms with Crippen LogP contribution in [0.3, 0.4) is 0 Å². The molecule has 2 aromatic rings. The summed E-state index contributed by atoms with van der Waals surface area (Å²) in [5.74, 6) is 0.00491.